The molecule has 2 aromatic carbocycles. The molecule has 4 nitrogen and oxygen atoms in total. The first-order valence-corrected chi connectivity index (χ1v) is 9.82. The molecule has 1 saturated carbocycles. The van der Waals surface area contributed by atoms with Gasteiger partial charge in [-0.25, -0.2) is 0 Å². The van der Waals surface area contributed by atoms with Crippen LogP contribution in [-0.4, -0.2) is 11.8 Å². The molecule has 0 atom stereocenters. The molecule has 0 spiro atoms. The topological polar surface area (TPSA) is 58.2 Å². The molecule has 0 unspecified atom stereocenters. The molecule has 1 fully saturated rings. The van der Waals surface area contributed by atoms with E-state index < -0.39 is 0 Å². The summed E-state index contributed by atoms with van der Waals surface area (Å²) in [4.78, 5) is 25.0. The SMILES string of the molecule is CCc1ccc(NC(=O)C2CCC(C(=O)Nc3cccc(C)c3)CC2)cc1. The third-order valence-corrected chi connectivity index (χ3v) is 5.38. The van der Waals surface area contributed by atoms with Gasteiger partial charge in [0.1, 0.15) is 0 Å². The summed E-state index contributed by atoms with van der Waals surface area (Å²) >= 11 is 0. The minimum Gasteiger partial charge on any atom is -0.326 e. The highest BCUT2D eigenvalue weighted by molar-refractivity contribution is 5.94. The second-order valence-corrected chi connectivity index (χ2v) is 7.45. The van der Waals surface area contributed by atoms with Crippen LogP contribution in [0.3, 0.4) is 0 Å². The molecule has 1 aliphatic carbocycles. The standard InChI is InChI=1S/C23H28N2O2/c1-3-17-7-13-20(14-8-17)24-22(26)18-9-11-19(12-10-18)23(27)25-21-6-4-5-16(2)15-21/h4-8,13-15,18-19H,3,9-12H2,1-2H3,(H,24,26)(H,25,27). The zero-order valence-corrected chi connectivity index (χ0v) is 16.1. The number of carbonyl (C=O) groups excluding carboxylic acids is 2. The van der Waals surface area contributed by atoms with Crippen molar-refractivity contribution in [3.05, 3.63) is 59.7 Å². The van der Waals surface area contributed by atoms with Crippen LogP contribution >= 0.6 is 0 Å². The summed E-state index contributed by atoms with van der Waals surface area (Å²) in [5, 5.41) is 6.02. The van der Waals surface area contributed by atoms with Crippen LogP contribution in [0.15, 0.2) is 48.5 Å². The van der Waals surface area contributed by atoms with Crippen molar-refractivity contribution < 1.29 is 9.59 Å². The van der Waals surface area contributed by atoms with E-state index in [0.717, 1.165) is 49.0 Å². The highest BCUT2D eigenvalue weighted by Crippen LogP contribution is 2.30. The van der Waals surface area contributed by atoms with E-state index in [9.17, 15) is 9.59 Å². The van der Waals surface area contributed by atoms with Crippen molar-refractivity contribution in [2.45, 2.75) is 46.0 Å². The monoisotopic (exact) mass is 364 g/mol. The number of carbonyl (C=O) groups is 2. The number of rotatable bonds is 5. The molecule has 27 heavy (non-hydrogen) atoms. The summed E-state index contributed by atoms with van der Waals surface area (Å²) in [6.45, 7) is 4.12. The third-order valence-electron chi connectivity index (χ3n) is 5.38. The smallest absolute Gasteiger partial charge is 0.227 e. The molecule has 0 saturated heterocycles. The van der Waals surface area contributed by atoms with E-state index in [1.165, 1.54) is 5.56 Å². The average Bonchev–Trinajstić information content (AvgIpc) is 2.68. The van der Waals surface area contributed by atoms with Gasteiger partial charge < -0.3 is 10.6 Å². The molecule has 0 radical (unpaired) electrons. The maximum atomic E-state index is 12.5. The molecule has 0 aromatic heterocycles. The molecule has 0 heterocycles. The summed E-state index contributed by atoms with van der Waals surface area (Å²) in [6, 6.07) is 15.8. The van der Waals surface area contributed by atoms with E-state index in [1.807, 2.05) is 55.5 Å². The second kappa shape index (κ2) is 8.85. The molecule has 2 N–H and O–H groups in total. The van der Waals surface area contributed by atoms with Crippen molar-refractivity contribution in [1.29, 1.82) is 0 Å². The molecule has 1 aliphatic rings. The number of hydrogen-bond donors (Lipinski definition) is 2. The highest BCUT2D eigenvalue weighted by atomic mass is 16.2. The van der Waals surface area contributed by atoms with Gasteiger partial charge in [-0.3, -0.25) is 9.59 Å². The molecule has 2 aromatic rings. The Morgan fingerprint density at radius 2 is 1.41 bits per heavy atom. The summed E-state index contributed by atoms with van der Waals surface area (Å²) < 4.78 is 0. The molecule has 3 rings (SSSR count). The van der Waals surface area contributed by atoms with Gasteiger partial charge >= 0.3 is 0 Å². The zero-order valence-electron chi connectivity index (χ0n) is 16.1. The fourth-order valence-corrected chi connectivity index (χ4v) is 3.65. The number of nitrogens with one attached hydrogen (secondary N) is 2. The van der Waals surface area contributed by atoms with Gasteiger partial charge in [0.25, 0.3) is 0 Å². The van der Waals surface area contributed by atoms with Gasteiger partial charge in [-0.1, -0.05) is 31.2 Å². The lowest BCUT2D eigenvalue weighted by atomic mass is 9.81. The lowest BCUT2D eigenvalue weighted by Crippen LogP contribution is -2.32. The molecular formula is C23H28N2O2. The minimum atomic E-state index is -0.0154. The summed E-state index contributed by atoms with van der Waals surface area (Å²) in [5.41, 5.74) is 4.07. The molecule has 142 valence electrons. The van der Waals surface area contributed by atoms with Crippen molar-refractivity contribution in [1.82, 2.24) is 0 Å². The van der Waals surface area contributed by atoms with Gasteiger partial charge in [-0.15, -0.1) is 0 Å². The van der Waals surface area contributed by atoms with E-state index in [4.69, 9.17) is 0 Å². The Labute approximate surface area is 161 Å². The molecular weight excluding hydrogens is 336 g/mol. The van der Waals surface area contributed by atoms with Gasteiger partial charge in [0.05, 0.1) is 0 Å². The Balaban J connectivity index is 1.48. The van der Waals surface area contributed by atoms with Gasteiger partial charge in [0.2, 0.25) is 11.8 Å². The summed E-state index contributed by atoms with van der Waals surface area (Å²) in [5.74, 6) is 0.101. The second-order valence-electron chi connectivity index (χ2n) is 7.45. The van der Waals surface area contributed by atoms with E-state index in [0.29, 0.717) is 0 Å². The van der Waals surface area contributed by atoms with Crippen LogP contribution in [0.25, 0.3) is 0 Å². The van der Waals surface area contributed by atoms with Crippen LogP contribution in [0.4, 0.5) is 11.4 Å². The van der Waals surface area contributed by atoms with Crippen molar-refractivity contribution >= 4 is 23.2 Å². The van der Waals surface area contributed by atoms with Crippen molar-refractivity contribution in [3.63, 3.8) is 0 Å². The van der Waals surface area contributed by atoms with Gasteiger partial charge in [0, 0.05) is 23.2 Å². The molecule has 0 aliphatic heterocycles. The maximum absolute atomic E-state index is 12.5. The number of benzene rings is 2. The molecule has 2 amide bonds. The van der Waals surface area contributed by atoms with Gasteiger partial charge in [-0.2, -0.15) is 0 Å². The predicted octanol–water partition coefficient (Wildman–Crippen LogP) is 4.94. The summed E-state index contributed by atoms with van der Waals surface area (Å²) in [6.07, 6.45) is 4.01. The normalized spacial score (nSPS) is 19.3. The lowest BCUT2D eigenvalue weighted by Gasteiger charge is -2.27. The number of aryl methyl sites for hydroxylation is 2. The van der Waals surface area contributed by atoms with Gasteiger partial charge in [0.15, 0.2) is 0 Å². The fraction of sp³-hybridized carbons (Fsp3) is 0.391. The van der Waals surface area contributed by atoms with Crippen LogP contribution in [-0.2, 0) is 16.0 Å². The number of amides is 2. The Bertz CT molecular complexity index is 790. The Morgan fingerprint density at radius 3 is 1.93 bits per heavy atom. The first-order valence-electron chi connectivity index (χ1n) is 9.82. The van der Waals surface area contributed by atoms with Gasteiger partial charge in [-0.05, 0) is 74.4 Å². The fourth-order valence-electron chi connectivity index (χ4n) is 3.65. The zero-order chi connectivity index (χ0) is 19.2. The summed E-state index contributed by atoms with van der Waals surface area (Å²) in [7, 11) is 0. The first kappa shape index (κ1) is 19.2. The lowest BCUT2D eigenvalue weighted by molar-refractivity contribution is -0.125. The van der Waals surface area contributed by atoms with E-state index in [2.05, 4.69) is 17.6 Å². The maximum Gasteiger partial charge on any atom is 0.227 e. The Morgan fingerprint density at radius 1 is 0.852 bits per heavy atom. The average molecular weight is 364 g/mol. The third kappa shape index (κ3) is 5.19. The van der Waals surface area contributed by atoms with Crippen LogP contribution in [0, 0.1) is 18.8 Å². The van der Waals surface area contributed by atoms with Crippen molar-refractivity contribution in [2.24, 2.45) is 11.8 Å². The van der Waals surface area contributed by atoms with Crippen molar-refractivity contribution in [2.75, 3.05) is 10.6 Å². The molecule has 4 heteroatoms. The Hall–Kier alpha value is -2.62. The Kier molecular flexibility index (Phi) is 6.28. The van der Waals surface area contributed by atoms with Crippen LogP contribution in [0.2, 0.25) is 0 Å². The minimum absolute atomic E-state index is 0.0149. The van der Waals surface area contributed by atoms with E-state index in [1.54, 1.807) is 0 Å². The van der Waals surface area contributed by atoms with Crippen molar-refractivity contribution in [3.8, 4) is 0 Å². The van der Waals surface area contributed by atoms with E-state index >= 15 is 0 Å². The van der Waals surface area contributed by atoms with Crippen LogP contribution in [0.5, 0.6) is 0 Å². The quantitative estimate of drug-likeness (QED) is 0.789. The first-order chi connectivity index (χ1) is 13.0. The number of anilines is 2. The molecule has 0 bridgehead atoms. The number of hydrogen-bond acceptors (Lipinski definition) is 2. The van der Waals surface area contributed by atoms with Crippen LogP contribution in [0.1, 0.15) is 43.7 Å². The predicted molar refractivity (Wildman–Crippen MR) is 110 cm³/mol. The largest absolute Gasteiger partial charge is 0.326 e. The van der Waals surface area contributed by atoms with E-state index in [-0.39, 0.29) is 23.7 Å². The van der Waals surface area contributed by atoms with Crippen LogP contribution < -0.4 is 10.6 Å². The highest BCUT2D eigenvalue weighted by Gasteiger charge is 2.30.